The molecule has 4 amide bonds. The summed E-state index contributed by atoms with van der Waals surface area (Å²) in [5.74, 6) is -1.47. The number of hydrogen-bond donors (Lipinski definition) is 1. The van der Waals surface area contributed by atoms with Crippen molar-refractivity contribution in [3.05, 3.63) is 42.0 Å². The molecule has 2 aliphatic heterocycles. The van der Waals surface area contributed by atoms with E-state index in [9.17, 15) is 14.4 Å². The Morgan fingerprint density at radius 2 is 1.82 bits per heavy atom. The van der Waals surface area contributed by atoms with E-state index >= 15 is 0 Å². The van der Waals surface area contributed by atoms with Crippen molar-refractivity contribution in [2.24, 2.45) is 0 Å². The average molecular weight is 300 g/mol. The van der Waals surface area contributed by atoms with Crippen molar-refractivity contribution in [2.45, 2.75) is 6.42 Å². The highest BCUT2D eigenvalue weighted by Gasteiger charge is 2.44. The molecule has 6 heteroatoms. The molecule has 1 fully saturated rings. The van der Waals surface area contributed by atoms with Crippen molar-refractivity contribution >= 4 is 23.4 Å². The SMILES string of the molecule is CN1C(=O)C(=O)N(C[NH+]2CC=C(c3ccccc3)CC2)C1=O. The summed E-state index contributed by atoms with van der Waals surface area (Å²) in [7, 11) is 1.33. The van der Waals surface area contributed by atoms with E-state index in [2.05, 4.69) is 18.2 Å². The molecular weight excluding hydrogens is 282 g/mol. The molecular formula is C16H18N3O3+. The maximum atomic E-state index is 11.9. The summed E-state index contributed by atoms with van der Waals surface area (Å²) in [6.45, 7) is 1.81. The Hall–Kier alpha value is -2.47. The van der Waals surface area contributed by atoms with E-state index in [0.29, 0.717) is 0 Å². The summed E-state index contributed by atoms with van der Waals surface area (Å²) >= 11 is 0. The van der Waals surface area contributed by atoms with E-state index in [4.69, 9.17) is 0 Å². The summed E-state index contributed by atoms with van der Waals surface area (Å²) in [6.07, 6.45) is 3.03. The molecule has 6 nitrogen and oxygen atoms in total. The van der Waals surface area contributed by atoms with Gasteiger partial charge in [-0.2, -0.15) is 0 Å². The van der Waals surface area contributed by atoms with E-state index < -0.39 is 17.8 Å². The van der Waals surface area contributed by atoms with Gasteiger partial charge < -0.3 is 4.90 Å². The van der Waals surface area contributed by atoms with Gasteiger partial charge in [-0.3, -0.25) is 14.5 Å². The number of imide groups is 2. The second-order valence-corrected chi connectivity index (χ2v) is 5.59. The zero-order valence-corrected chi connectivity index (χ0v) is 12.4. The first-order valence-electron chi connectivity index (χ1n) is 7.29. The van der Waals surface area contributed by atoms with Gasteiger partial charge in [-0.05, 0) is 17.2 Å². The van der Waals surface area contributed by atoms with Crippen LogP contribution in [0.3, 0.4) is 0 Å². The van der Waals surface area contributed by atoms with Gasteiger partial charge in [0.05, 0.1) is 13.1 Å². The molecule has 0 bridgehead atoms. The van der Waals surface area contributed by atoms with E-state index in [-0.39, 0.29) is 6.67 Å². The fraction of sp³-hybridized carbons (Fsp3) is 0.312. The van der Waals surface area contributed by atoms with Gasteiger partial charge in [0.15, 0.2) is 6.67 Å². The highest BCUT2D eigenvalue weighted by Crippen LogP contribution is 2.18. The molecule has 114 valence electrons. The zero-order valence-electron chi connectivity index (χ0n) is 12.4. The minimum atomic E-state index is -0.748. The number of urea groups is 1. The maximum Gasteiger partial charge on any atom is 0.338 e. The van der Waals surface area contributed by atoms with Crippen molar-refractivity contribution in [1.29, 1.82) is 0 Å². The Morgan fingerprint density at radius 1 is 1.09 bits per heavy atom. The number of nitrogens with one attached hydrogen (secondary N) is 1. The number of hydrogen-bond acceptors (Lipinski definition) is 3. The molecule has 1 saturated heterocycles. The van der Waals surface area contributed by atoms with Crippen LogP contribution in [0.5, 0.6) is 0 Å². The molecule has 1 aromatic rings. The minimum Gasteiger partial charge on any atom is -0.314 e. The van der Waals surface area contributed by atoms with Crippen molar-refractivity contribution in [1.82, 2.24) is 9.80 Å². The monoisotopic (exact) mass is 300 g/mol. The molecule has 1 atom stereocenters. The molecule has 0 spiro atoms. The third kappa shape index (κ3) is 2.53. The Morgan fingerprint density at radius 3 is 2.36 bits per heavy atom. The first-order chi connectivity index (χ1) is 10.6. The lowest BCUT2D eigenvalue weighted by molar-refractivity contribution is -0.902. The molecule has 3 rings (SSSR count). The molecule has 0 saturated carbocycles. The van der Waals surface area contributed by atoms with Crippen molar-refractivity contribution in [3.8, 4) is 0 Å². The number of likely N-dealkylation sites (N-methyl/N-ethyl adjacent to an activating group) is 1. The maximum absolute atomic E-state index is 11.9. The number of benzene rings is 1. The molecule has 1 N–H and O–H groups in total. The minimum absolute atomic E-state index is 0.242. The summed E-state index contributed by atoms with van der Waals surface area (Å²) in [5.41, 5.74) is 2.50. The van der Waals surface area contributed by atoms with Gasteiger partial charge in [-0.25, -0.2) is 9.69 Å². The lowest BCUT2D eigenvalue weighted by Crippen LogP contribution is -3.14. The lowest BCUT2D eigenvalue weighted by Gasteiger charge is -2.26. The van der Waals surface area contributed by atoms with Crippen LogP contribution in [0.4, 0.5) is 4.79 Å². The standard InChI is InChI=1S/C16H17N3O3/c1-17-14(20)15(21)19(16(17)22)11-18-9-7-13(8-10-18)12-5-3-2-4-6-12/h2-7H,8-11H2,1H3/p+1. The molecule has 1 unspecified atom stereocenters. The van der Waals surface area contributed by atoms with Gasteiger partial charge in [0, 0.05) is 13.5 Å². The van der Waals surface area contributed by atoms with Crippen LogP contribution in [0.25, 0.3) is 5.57 Å². The predicted molar refractivity (Wildman–Crippen MR) is 79.6 cm³/mol. The van der Waals surface area contributed by atoms with Crippen molar-refractivity contribution in [2.75, 3.05) is 26.8 Å². The number of quaternary nitrogens is 1. The summed E-state index contributed by atoms with van der Waals surface area (Å²) in [4.78, 5) is 38.1. The third-order valence-electron chi connectivity index (χ3n) is 4.16. The number of nitrogens with zero attached hydrogens (tertiary/aromatic N) is 2. The van der Waals surface area contributed by atoms with E-state index in [1.807, 2.05) is 18.2 Å². The van der Waals surface area contributed by atoms with Crippen LogP contribution in [0.2, 0.25) is 0 Å². The third-order valence-corrected chi connectivity index (χ3v) is 4.16. The zero-order chi connectivity index (χ0) is 15.7. The van der Waals surface area contributed by atoms with Gasteiger partial charge in [-0.15, -0.1) is 0 Å². The molecule has 0 aliphatic carbocycles. The van der Waals surface area contributed by atoms with Gasteiger partial charge in [0.2, 0.25) is 0 Å². The van der Waals surface area contributed by atoms with Crippen LogP contribution >= 0.6 is 0 Å². The second-order valence-electron chi connectivity index (χ2n) is 5.59. The molecule has 0 radical (unpaired) electrons. The number of rotatable bonds is 3. The van der Waals surface area contributed by atoms with E-state index in [1.165, 1.54) is 18.2 Å². The fourth-order valence-electron chi connectivity index (χ4n) is 2.82. The van der Waals surface area contributed by atoms with Crippen LogP contribution in [-0.2, 0) is 9.59 Å². The molecule has 1 aromatic carbocycles. The lowest BCUT2D eigenvalue weighted by atomic mass is 10.00. The highest BCUT2D eigenvalue weighted by molar-refractivity contribution is 6.44. The Bertz CT molecular complexity index is 654. The molecule has 2 heterocycles. The van der Waals surface area contributed by atoms with Gasteiger partial charge in [-0.1, -0.05) is 30.3 Å². The van der Waals surface area contributed by atoms with Crippen LogP contribution in [0.1, 0.15) is 12.0 Å². The fourth-order valence-corrected chi connectivity index (χ4v) is 2.82. The Kier molecular flexibility index (Phi) is 3.77. The van der Waals surface area contributed by atoms with Gasteiger partial charge >= 0.3 is 17.8 Å². The predicted octanol–water partition coefficient (Wildman–Crippen LogP) is -0.263. The average Bonchev–Trinajstić information content (AvgIpc) is 2.74. The normalized spacial score (nSPS) is 22.3. The van der Waals surface area contributed by atoms with Crippen LogP contribution in [0.15, 0.2) is 36.4 Å². The molecule has 22 heavy (non-hydrogen) atoms. The smallest absolute Gasteiger partial charge is 0.314 e. The van der Waals surface area contributed by atoms with Crippen LogP contribution in [-0.4, -0.2) is 54.5 Å². The summed E-state index contributed by atoms with van der Waals surface area (Å²) in [6, 6.07) is 9.65. The Balaban J connectivity index is 1.65. The highest BCUT2D eigenvalue weighted by atomic mass is 16.2. The van der Waals surface area contributed by atoms with Crippen molar-refractivity contribution in [3.63, 3.8) is 0 Å². The van der Waals surface area contributed by atoms with Crippen LogP contribution in [0, 0.1) is 0 Å². The Labute approximate surface area is 128 Å². The number of amides is 4. The number of carbonyl (C=O) groups is 3. The quantitative estimate of drug-likeness (QED) is 0.618. The largest absolute Gasteiger partial charge is 0.338 e. The van der Waals surface area contributed by atoms with E-state index in [1.54, 1.807) is 0 Å². The summed E-state index contributed by atoms with van der Waals surface area (Å²) < 4.78 is 0. The van der Waals surface area contributed by atoms with Gasteiger partial charge in [0.25, 0.3) is 0 Å². The van der Waals surface area contributed by atoms with Gasteiger partial charge in [0.1, 0.15) is 0 Å². The number of carbonyl (C=O) groups excluding carboxylic acids is 3. The second kappa shape index (κ2) is 5.73. The topological polar surface area (TPSA) is 62.1 Å². The van der Waals surface area contributed by atoms with Crippen LogP contribution < -0.4 is 4.90 Å². The van der Waals surface area contributed by atoms with Crippen molar-refractivity contribution < 1.29 is 19.3 Å². The van der Waals surface area contributed by atoms with E-state index in [0.717, 1.165) is 34.2 Å². The molecule has 0 aromatic heterocycles. The molecule has 2 aliphatic rings. The summed E-state index contributed by atoms with van der Waals surface area (Å²) in [5, 5.41) is 0. The first-order valence-corrected chi connectivity index (χ1v) is 7.29. The first kappa shape index (κ1) is 14.5.